The van der Waals surface area contributed by atoms with Crippen molar-refractivity contribution >= 4 is 6.09 Å². The Hall–Kier alpha value is -2.53. The van der Waals surface area contributed by atoms with Crippen LogP contribution in [0.5, 0.6) is 11.5 Å². The smallest absolute Gasteiger partial charge is 0.410 e. The normalized spacial score (nSPS) is 23.3. The first kappa shape index (κ1) is 16.9. The molecule has 0 aliphatic carbocycles. The topological polar surface area (TPSA) is 42.0 Å². The third-order valence-corrected chi connectivity index (χ3v) is 5.04. The van der Waals surface area contributed by atoms with Crippen molar-refractivity contribution in [1.29, 1.82) is 0 Å². The Kier molecular flexibility index (Phi) is 4.55. The van der Waals surface area contributed by atoms with Crippen molar-refractivity contribution in [3.05, 3.63) is 60.2 Å². The van der Waals surface area contributed by atoms with Crippen LogP contribution < -0.4 is 4.74 Å². The van der Waals surface area contributed by atoms with Crippen molar-refractivity contribution in [2.45, 2.75) is 25.0 Å². The molecule has 0 bridgehead atoms. The molecule has 0 radical (unpaired) electrons. The lowest BCUT2D eigenvalue weighted by Gasteiger charge is -2.38. The maximum atomic E-state index is 11.8. The maximum Gasteiger partial charge on any atom is 0.410 e. The highest BCUT2D eigenvalue weighted by molar-refractivity contribution is 5.70. The summed E-state index contributed by atoms with van der Waals surface area (Å²) in [6.07, 6.45) is 1.78. The second kappa shape index (κ2) is 7.00. The van der Waals surface area contributed by atoms with Crippen LogP contribution in [0.25, 0.3) is 0 Å². The number of carbonyl (C=O) groups is 1. The molecule has 2 aromatic rings. The lowest BCUT2D eigenvalue weighted by molar-refractivity contribution is -0.0113. The number of hydrogen-bond acceptors (Lipinski definition) is 4. The number of carbonyl (C=O) groups excluding carboxylic acids is 1. The summed E-state index contributed by atoms with van der Waals surface area (Å²) in [5.41, 5.74) is 0.857. The van der Waals surface area contributed by atoms with E-state index in [0.717, 1.165) is 44.0 Å². The van der Waals surface area contributed by atoms with Gasteiger partial charge in [-0.05, 0) is 49.2 Å². The minimum absolute atomic E-state index is 0.204. The quantitative estimate of drug-likeness (QED) is 0.837. The molecule has 0 N–H and O–H groups in total. The van der Waals surface area contributed by atoms with E-state index in [1.165, 1.54) is 5.56 Å². The number of benzene rings is 2. The summed E-state index contributed by atoms with van der Waals surface area (Å²) in [5, 5.41) is 0. The molecular formula is C21H24N2O3. The van der Waals surface area contributed by atoms with Gasteiger partial charge in [0.1, 0.15) is 17.1 Å². The van der Waals surface area contributed by atoms with Gasteiger partial charge in [0, 0.05) is 20.1 Å². The molecule has 2 saturated heterocycles. The Morgan fingerprint density at radius 3 is 2.65 bits per heavy atom. The summed E-state index contributed by atoms with van der Waals surface area (Å²) < 4.78 is 11.6. The van der Waals surface area contributed by atoms with Crippen LogP contribution in [0.2, 0.25) is 0 Å². The summed E-state index contributed by atoms with van der Waals surface area (Å²) in [4.78, 5) is 15.9. The van der Waals surface area contributed by atoms with E-state index in [4.69, 9.17) is 9.47 Å². The van der Waals surface area contributed by atoms with Crippen molar-refractivity contribution in [2.24, 2.45) is 0 Å². The largest absolute Gasteiger partial charge is 0.457 e. The second-order valence-corrected chi connectivity index (χ2v) is 7.28. The summed E-state index contributed by atoms with van der Waals surface area (Å²) in [6.45, 7) is 3.31. The maximum absolute atomic E-state index is 11.8. The molecule has 2 aliphatic rings. The Bertz CT molecular complexity index is 780. The van der Waals surface area contributed by atoms with Crippen molar-refractivity contribution in [3.8, 4) is 11.5 Å². The Balaban J connectivity index is 1.42. The molecule has 0 unspecified atom stereocenters. The highest BCUT2D eigenvalue weighted by Gasteiger charge is 2.46. The number of ether oxygens (including phenoxy) is 2. The molecule has 2 aromatic carbocycles. The average molecular weight is 352 g/mol. The van der Waals surface area contributed by atoms with Gasteiger partial charge in [0.2, 0.25) is 0 Å². The summed E-state index contributed by atoms with van der Waals surface area (Å²) in [7, 11) is 1.81. The van der Waals surface area contributed by atoms with E-state index in [1.807, 2.05) is 42.5 Å². The molecule has 2 heterocycles. The zero-order valence-electron chi connectivity index (χ0n) is 15.1. The molecule has 4 rings (SSSR count). The van der Waals surface area contributed by atoms with E-state index >= 15 is 0 Å². The van der Waals surface area contributed by atoms with Gasteiger partial charge in [0.15, 0.2) is 0 Å². The van der Waals surface area contributed by atoms with Crippen LogP contribution in [0.4, 0.5) is 4.79 Å². The summed E-state index contributed by atoms with van der Waals surface area (Å²) >= 11 is 0. The summed E-state index contributed by atoms with van der Waals surface area (Å²) in [5.74, 6) is 1.68. The zero-order chi connectivity index (χ0) is 18.0. The van der Waals surface area contributed by atoms with Gasteiger partial charge < -0.3 is 14.4 Å². The van der Waals surface area contributed by atoms with E-state index in [0.29, 0.717) is 6.54 Å². The number of likely N-dealkylation sites (N-methyl/N-ethyl adjacent to an activating group) is 1. The minimum Gasteiger partial charge on any atom is -0.457 e. The first-order chi connectivity index (χ1) is 12.6. The molecule has 2 aliphatic heterocycles. The second-order valence-electron chi connectivity index (χ2n) is 7.28. The van der Waals surface area contributed by atoms with Gasteiger partial charge >= 0.3 is 6.09 Å². The highest BCUT2D eigenvalue weighted by atomic mass is 16.6. The van der Waals surface area contributed by atoms with Gasteiger partial charge in [0.05, 0.1) is 6.54 Å². The molecule has 0 saturated carbocycles. The van der Waals surface area contributed by atoms with Gasteiger partial charge in [-0.25, -0.2) is 4.79 Å². The number of rotatable bonds is 4. The number of piperidine rings is 1. The van der Waals surface area contributed by atoms with Gasteiger partial charge in [-0.3, -0.25) is 4.90 Å². The van der Waals surface area contributed by atoms with E-state index in [-0.39, 0.29) is 11.7 Å². The molecule has 136 valence electrons. The third-order valence-electron chi connectivity index (χ3n) is 5.04. The number of nitrogens with zero attached hydrogens (tertiary/aromatic N) is 2. The van der Waals surface area contributed by atoms with Gasteiger partial charge in [0.25, 0.3) is 0 Å². The third kappa shape index (κ3) is 3.68. The highest BCUT2D eigenvalue weighted by Crippen LogP contribution is 2.32. The van der Waals surface area contributed by atoms with Crippen LogP contribution in [0.3, 0.4) is 0 Å². The first-order valence-corrected chi connectivity index (χ1v) is 9.10. The monoisotopic (exact) mass is 352 g/mol. The number of likely N-dealkylation sites (tertiary alicyclic amines) is 1. The van der Waals surface area contributed by atoms with Crippen LogP contribution >= 0.6 is 0 Å². The molecule has 26 heavy (non-hydrogen) atoms. The lowest BCUT2D eigenvalue weighted by atomic mass is 9.92. The van der Waals surface area contributed by atoms with Crippen molar-refractivity contribution in [3.63, 3.8) is 0 Å². The molecule has 2 fully saturated rings. The predicted octanol–water partition coefficient (Wildman–Crippen LogP) is 3.90. The van der Waals surface area contributed by atoms with Crippen LogP contribution in [0.1, 0.15) is 18.4 Å². The number of amides is 1. The zero-order valence-corrected chi connectivity index (χ0v) is 15.1. The van der Waals surface area contributed by atoms with E-state index in [9.17, 15) is 4.79 Å². The van der Waals surface area contributed by atoms with Crippen molar-refractivity contribution < 1.29 is 14.3 Å². The molecule has 1 amide bonds. The molecule has 5 nitrogen and oxygen atoms in total. The lowest BCUT2D eigenvalue weighted by Crippen LogP contribution is -2.50. The van der Waals surface area contributed by atoms with Gasteiger partial charge in [-0.15, -0.1) is 0 Å². The van der Waals surface area contributed by atoms with Crippen LogP contribution in [0, 0.1) is 0 Å². The Morgan fingerprint density at radius 1 is 1.08 bits per heavy atom. The summed E-state index contributed by atoms with van der Waals surface area (Å²) in [6, 6.07) is 18.0. The standard InChI is InChI=1S/C21H24N2O3/c1-22-15-21(26-20(22)24)11-6-12-23(16-21)14-17-7-5-10-19(13-17)25-18-8-3-2-4-9-18/h2-5,7-10,13H,6,11-12,14-16H2,1H3/t21-/m1/s1. The van der Waals surface area contributed by atoms with Crippen LogP contribution in [0.15, 0.2) is 54.6 Å². The van der Waals surface area contributed by atoms with Crippen LogP contribution in [-0.2, 0) is 11.3 Å². The van der Waals surface area contributed by atoms with Crippen LogP contribution in [-0.4, -0.2) is 48.2 Å². The van der Waals surface area contributed by atoms with Crippen molar-refractivity contribution in [2.75, 3.05) is 26.7 Å². The average Bonchev–Trinajstić information content (AvgIpc) is 2.89. The fourth-order valence-electron chi connectivity index (χ4n) is 3.92. The predicted molar refractivity (Wildman–Crippen MR) is 99.3 cm³/mol. The first-order valence-electron chi connectivity index (χ1n) is 9.10. The minimum atomic E-state index is -0.345. The van der Waals surface area contributed by atoms with E-state index < -0.39 is 0 Å². The molecule has 0 aromatic heterocycles. The SMILES string of the molecule is CN1C[C@@]2(CCCN(Cc3cccc(Oc4ccccc4)c3)C2)OC1=O. The molecule has 1 atom stereocenters. The van der Waals surface area contributed by atoms with E-state index in [2.05, 4.69) is 17.0 Å². The number of para-hydroxylation sites is 1. The fraction of sp³-hybridized carbons (Fsp3) is 0.381. The number of hydrogen-bond donors (Lipinski definition) is 0. The molecule has 5 heteroatoms. The van der Waals surface area contributed by atoms with Gasteiger partial charge in [-0.2, -0.15) is 0 Å². The van der Waals surface area contributed by atoms with Gasteiger partial charge in [-0.1, -0.05) is 30.3 Å². The Morgan fingerprint density at radius 2 is 1.88 bits per heavy atom. The fourth-order valence-corrected chi connectivity index (χ4v) is 3.92. The van der Waals surface area contributed by atoms with Crippen molar-refractivity contribution in [1.82, 2.24) is 9.80 Å². The molecular weight excluding hydrogens is 328 g/mol. The molecule has 1 spiro atoms. The van der Waals surface area contributed by atoms with E-state index in [1.54, 1.807) is 11.9 Å². The Labute approximate surface area is 154 Å².